The highest BCUT2D eigenvalue weighted by Gasteiger charge is 2.50. The van der Waals surface area contributed by atoms with Crippen LogP contribution in [0, 0.1) is 10.8 Å². The van der Waals surface area contributed by atoms with Gasteiger partial charge in [0.25, 0.3) is 0 Å². The maximum absolute atomic E-state index is 12.7. The number of nitrogens with one attached hydrogen (secondary N) is 4. The number of nitrogens with zero attached hydrogens (tertiary/aromatic N) is 8. The van der Waals surface area contributed by atoms with Crippen LogP contribution in [0.4, 0.5) is 57.9 Å². The second kappa shape index (κ2) is 19.0. The number of para-hydroxylation sites is 2. The molecule has 3 saturated heterocycles. The first kappa shape index (κ1) is 47.4. The molecule has 0 unspecified atom stereocenters. The van der Waals surface area contributed by atoms with E-state index >= 15 is 0 Å². The molecule has 2 aromatic carbocycles. The lowest BCUT2D eigenvalue weighted by molar-refractivity contribution is -0.127. The van der Waals surface area contributed by atoms with Crippen molar-refractivity contribution in [1.29, 1.82) is 0 Å². The van der Waals surface area contributed by atoms with E-state index in [1.807, 2.05) is 60.7 Å². The molecule has 6 aromatic rings. The summed E-state index contributed by atoms with van der Waals surface area (Å²) in [5.41, 5.74) is 3.55. The van der Waals surface area contributed by atoms with Crippen LogP contribution in [0.15, 0.2) is 85.5 Å². The van der Waals surface area contributed by atoms with Gasteiger partial charge >= 0.3 is 0 Å². The summed E-state index contributed by atoms with van der Waals surface area (Å²) in [7, 11) is -1.74. The molecule has 1 aliphatic carbocycles. The summed E-state index contributed by atoms with van der Waals surface area (Å²) in [5.74, 6) is 4.40. The van der Waals surface area contributed by atoms with Crippen LogP contribution in [0.25, 0.3) is 0 Å². The first-order valence-corrected chi connectivity index (χ1v) is 28.1. The van der Waals surface area contributed by atoms with Gasteiger partial charge in [0.2, 0.25) is 11.9 Å². The number of anilines is 10. The second-order valence-corrected chi connectivity index (χ2v) is 25.7. The van der Waals surface area contributed by atoms with E-state index in [9.17, 15) is 9.13 Å². The quantitative estimate of drug-likeness (QED) is 0.0753. The van der Waals surface area contributed by atoms with E-state index in [1.54, 1.807) is 53.3 Å². The molecule has 68 heavy (non-hydrogen) atoms. The number of halogens is 2. The van der Waals surface area contributed by atoms with Gasteiger partial charge in [-0.2, -0.15) is 9.97 Å². The number of pyridine rings is 2. The Kier molecular flexibility index (Phi) is 13.2. The molecular formula is C47H54Cl2N12O5P2. The van der Waals surface area contributed by atoms with E-state index in [0.29, 0.717) is 67.6 Å². The van der Waals surface area contributed by atoms with Crippen LogP contribution < -0.4 is 51.1 Å². The second-order valence-electron chi connectivity index (χ2n) is 18.5. The molecule has 4 fully saturated rings. The molecular weight excluding hydrogens is 945 g/mol. The van der Waals surface area contributed by atoms with Crippen molar-refractivity contribution in [2.45, 2.75) is 19.3 Å². The van der Waals surface area contributed by atoms with Crippen LogP contribution in [-0.2, 0) is 13.9 Å². The summed E-state index contributed by atoms with van der Waals surface area (Å²) >= 11 is 12.8. The molecule has 0 amide bonds. The minimum absolute atomic E-state index is 0.257. The fourth-order valence-electron chi connectivity index (χ4n) is 8.94. The molecule has 4 aliphatic rings. The first-order chi connectivity index (χ1) is 32.6. The van der Waals surface area contributed by atoms with Crippen molar-refractivity contribution in [3.05, 3.63) is 95.5 Å². The predicted octanol–water partition coefficient (Wildman–Crippen LogP) is 9.36. The Balaban J connectivity index is 0.000000170. The van der Waals surface area contributed by atoms with Gasteiger partial charge in [0.1, 0.15) is 24.3 Å². The Morgan fingerprint density at radius 2 is 1.01 bits per heavy atom. The van der Waals surface area contributed by atoms with E-state index in [1.165, 1.54) is 31.7 Å². The maximum Gasteiger partial charge on any atom is 0.229 e. The van der Waals surface area contributed by atoms with E-state index in [4.69, 9.17) is 37.4 Å². The molecule has 356 valence electrons. The Labute approximate surface area is 405 Å². The van der Waals surface area contributed by atoms with Crippen molar-refractivity contribution < 1.29 is 23.3 Å². The number of benzene rings is 2. The minimum atomic E-state index is -2.51. The molecule has 3 aliphatic heterocycles. The number of rotatable bonds is 14. The third-order valence-corrected chi connectivity index (χ3v) is 16.2. The zero-order valence-electron chi connectivity index (χ0n) is 38.7. The van der Waals surface area contributed by atoms with E-state index < -0.39 is 14.3 Å². The van der Waals surface area contributed by atoms with Gasteiger partial charge in [-0.15, -0.1) is 0 Å². The van der Waals surface area contributed by atoms with Crippen LogP contribution in [0.5, 0.6) is 11.5 Å². The average Bonchev–Trinajstić information content (AvgIpc) is 3.24. The van der Waals surface area contributed by atoms with Crippen molar-refractivity contribution >= 4 is 106 Å². The molecule has 17 nitrogen and oxygen atoms in total. The summed E-state index contributed by atoms with van der Waals surface area (Å²) in [4.78, 5) is 31.4. The number of hydrogen-bond donors (Lipinski definition) is 4. The summed E-state index contributed by atoms with van der Waals surface area (Å²) in [6.45, 7) is 12.3. The third-order valence-electron chi connectivity index (χ3n) is 12.6. The maximum atomic E-state index is 12.7. The molecule has 10 rings (SSSR count). The molecule has 0 radical (unpaired) electrons. The first-order valence-electron chi connectivity index (χ1n) is 22.1. The van der Waals surface area contributed by atoms with Crippen molar-refractivity contribution in [2.75, 3.05) is 111 Å². The Morgan fingerprint density at radius 1 is 0.588 bits per heavy atom. The van der Waals surface area contributed by atoms with Crippen LogP contribution >= 0.6 is 37.5 Å². The zero-order valence-corrected chi connectivity index (χ0v) is 42.0. The highest BCUT2D eigenvalue weighted by Crippen LogP contribution is 2.51. The Bertz CT molecular complexity index is 2740. The molecule has 21 heteroatoms. The van der Waals surface area contributed by atoms with E-state index in [2.05, 4.69) is 61.0 Å². The molecule has 4 N–H and O–H groups in total. The normalized spacial score (nSPS) is 16.5. The van der Waals surface area contributed by atoms with Gasteiger partial charge in [-0.25, -0.2) is 19.9 Å². The van der Waals surface area contributed by atoms with Gasteiger partial charge < -0.3 is 54.4 Å². The minimum Gasteiger partial charge on any atom is -0.491 e. The number of aromatic nitrogens is 6. The SMILES string of the molecule is COc1c(Nc2ncc(Cl)c(Nc3ccccc3P(C)(C)=O)n2)ccnc1N1CC2(CCC2)C1.COc1c(Nc2ncc(Cl)c(Nc3ccccc3P(C)(C)=O)n2)ccnc1N1CC2(COC2)C1. The van der Waals surface area contributed by atoms with E-state index in [0.717, 1.165) is 67.3 Å². The van der Waals surface area contributed by atoms with Gasteiger partial charge in [0, 0.05) is 54.6 Å². The lowest BCUT2D eigenvalue weighted by atomic mass is 9.63. The third kappa shape index (κ3) is 9.91. The van der Waals surface area contributed by atoms with Gasteiger partial charge in [-0.05, 0) is 75.9 Å². The number of methoxy groups -OCH3 is 2. The molecule has 7 heterocycles. The smallest absolute Gasteiger partial charge is 0.229 e. The fraction of sp³-hybridized carbons (Fsp3) is 0.362. The van der Waals surface area contributed by atoms with Gasteiger partial charge in [0.05, 0.1) is 68.0 Å². The molecule has 0 bridgehead atoms. The topological polar surface area (TPSA) is 194 Å². The van der Waals surface area contributed by atoms with Gasteiger partial charge in [-0.3, -0.25) is 0 Å². The Morgan fingerprint density at radius 3 is 1.38 bits per heavy atom. The van der Waals surface area contributed by atoms with Crippen LogP contribution in [0.3, 0.4) is 0 Å². The van der Waals surface area contributed by atoms with Gasteiger partial charge in [0.15, 0.2) is 34.8 Å². The van der Waals surface area contributed by atoms with Crippen LogP contribution in [0.1, 0.15) is 19.3 Å². The average molecular weight is 1000 g/mol. The number of ether oxygens (including phenoxy) is 3. The zero-order chi connectivity index (χ0) is 47.8. The lowest BCUT2D eigenvalue weighted by Gasteiger charge is -2.56. The van der Waals surface area contributed by atoms with E-state index in [-0.39, 0.29) is 5.41 Å². The fourth-order valence-corrected chi connectivity index (χ4v) is 11.5. The number of hydrogen-bond acceptors (Lipinski definition) is 17. The Hall–Kier alpha value is -5.70. The van der Waals surface area contributed by atoms with Crippen molar-refractivity contribution in [2.24, 2.45) is 10.8 Å². The standard InChI is InChI=1S/C24H28ClN6O2P.C23H26ClN6O3P/c1-33-20-18(9-12-26-22(20)31-14-24(15-31)10-6-11-24)29-23-27-13-16(25)21(30-23)28-17-7-4-5-8-19(17)34(2,3)32;1-32-19-17(8-9-25-21(19)30-11-23(12-30)13-33-14-23)28-22-26-10-15(24)20(29-22)27-16-6-4-5-7-18(16)34(2,3)31/h4-5,7-9,12-13H,6,10-11,14-15H2,1-3H3,(H2,26,27,28,29,30);4-10H,11-14H2,1-3H3,(H2,25,26,27,28,29). The molecule has 4 aromatic heterocycles. The lowest BCUT2D eigenvalue weighted by Crippen LogP contribution is -2.66. The summed E-state index contributed by atoms with van der Waals surface area (Å²) in [5, 5.41) is 15.1. The highest BCUT2D eigenvalue weighted by atomic mass is 35.5. The molecule has 1 saturated carbocycles. The summed E-state index contributed by atoms with van der Waals surface area (Å²) < 4.78 is 42.3. The predicted molar refractivity (Wildman–Crippen MR) is 274 cm³/mol. The van der Waals surface area contributed by atoms with Crippen LogP contribution in [0.2, 0.25) is 10.0 Å². The van der Waals surface area contributed by atoms with Crippen molar-refractivity contribution in [3.8, 4) is 11.5 Å². The van der Waals surface area contributed by atoms with Crippen molar-refractivity contribution in [3.63, 3.8) is 0 Å². The monoisotopic (exact) mass is 998 g/mol. The molecule has 2 spiro atoms. The van der Waals surface area contributed by atoms with Gasteiger partial charge in [-0.1, -0.05) is 53.9 Å². The summed E-state index contributed by atoms with van der Waals surface area (Å²) in [6, 6.07) is 18.5. The van der Waals surface area contributed by atoms with Crippen LogP contribution in [-0.4, -0.2) is 110 Å². The summed E-state index contributed by atoms with van der Waals surface area (Å²) in [6.07, 6.45) is 10.5. The van der Waals surface area contributed by atoms with Crippen molar-refractivity contribution in [1.82, 2.24) is 29.9 Å². The highest BCUT2D eigenvalue weighted by molar-refractivity contribution is 7.70. The largest absolute Gasteiger partial charge is 0.491 e. The molecule has 0 atom stereocenters.